The van der Waals surface area contributed by atoms with Gasteiger partial charge in [-0.15, -0.1) is 0 Å². The van der Waals surface area contributed by atoms with Gasteiger partial charge in [-0.25, -0.2) is 4.79 Å². The van der Waals surface area contributed by atoms with Gasteiger partial charge < -0.3 is 15.3 Å². The minimum atomic E-state index is -0.125. The number of carbonyl (C=O) groups is 1. The van der Waals surface area contributed by atoms with Crippen LogP contribution in [-0.2, 0) is 13.1 Å². The van der Waals surface area contributed by atoms with Crippen LogP contribution in [0.25, 0.3) is 0 Å². The van der Waals surface area contributed by atoms with Crippen molar-refractivity contribution in [3.8, 4) is 0 Å². The average Bonchev–Trinajstić information content (AvgIpc) is 2.87. The van der Waals surface area contributed by atoms with E-state index in [0.717, 1.165) is 12.1 Å². The van der Waals surface area contributed by atoms with Crippen LogP contribution in [0.4, 0.5) is 4.79 Å². The van der Waals surface area contributed by atoms with E-state index < -0.39 is 0 Å². The first kappa shape index (κ1) is 18.7. The smallest absolute Gasteiger partial charge is 0.317 e. The summed E-state index contributed by atoms with van der Waals surface area (Å²) in [5.41, 5.74) is 2.44. The third kappa shape index (κ3) is 6.13. The van der Waals surface area contributed by atoms with Crippen molar-refractivity contribution in [2.75, 3.05) is 32.8 Å². The van der Waals surface area contributed by atoms with E-state index in [1.165, 1.54) is 44.3 Å². The minimum absolute atomic E-state index is 0.00748. The molecule has 1 aromatic rings. The second kappa shape index (κ2) is 10.3. The monoisotopic (exact) mass is 333 g/mol. The zero-order valence-corrected chi connectivity index (χ0v) is 14.8. The molecular weight excluding hydrogens is 302 g/mol. The maximum Gasteiger partial charge on any atom is 0.317 e. The number of aliphatic hydroxyl groups excluding tert-OH is 1. The third-order valence-corrected chi connectivity index (χ3v) is 4.61. The van der Waals surface area contributed by atoms with Crippen molar-refractivity contribution in [2.45, 2.75) is 45.7 Å². The quantitative estimate of drug-likeness (QED) is 0.806. The van der Waals surface area contributed by atoms with E-state index in [0.29, 0.717) is 19.6 Å². The second-order valence-corrected chi connectivity index (χ2v) is 6.47. The van der Waals surface area contributed by atoms with Gasteiger partial charge in [0.25, 0.3) is 0 Å². The number of nitrogens with zero attached hydrogens (tertiary/aromatic N) is 2. The van der Waals surface area contributed by atoms with Gasteiger partial charge in [-0.2, -0.15) is 0 Å². The molecule has 2 rings (SSSR count). The predicted octanol–water partition coefficient (Wildman–Crippen LogP) is 2.59. The summed E-state index contributed by atoms with van der Waals surface area (Å²) in [6.07, 6.45) is 5.35. The fourth-order valence-electron chi connectivity index (χ4n) is 3.13. The summed E-state index contributed by atoms with van der Waals surface area (Å²) >= 11 is 0. The van der Waals surface area contributed by atoms with Crippen molar-refractivity contribution in [3.05, 3.63) is 35.4 Å². The van der Waals surface area contributed by atoms with Crippen molar-refractivity contribution in [1.82, 2.24) is 15.1 Å². The van der Waals surface area contributed by atoms with E-state index in [1.54, 1.807) is 4.90 Å². The molecule has 0 atom stereocenters. The molecule has 2 amide bonds. The summed E-state index contributed by atoms with van der Waals surface area (Å²) in [5, 5.41) is 11.9. The highest BCUT2D eigenvalue weighted by Crippen LogP contribution is 2.14. The Kier molecular flexibility index (Phi) is 8.05. The number of rotatable bonds is 7. The van der Waals surface area contributed by atoms with Crippen LogP contribution < -0.4 is 5.32 Å². The Morgan fingerprint density at radius 3 is 2.33 bits per heavy atom. The van der Waals surface area contributed by atoms with Gasteiger partial charge in [0.15, 0.2) is 0 Å². The first-order valence-electron chi connectivity index (χ1n) is 9.16. The second-order valence-electron chi connectivity index (χ2n) is 6.47. The number of urea groups is 1. The molecule has 0 aliphatic carbocycles. The summed E-state index contributed by atoms with van der Waals surface area (Å²) < 4.78 is 0. The Hall–Kier alpha value is -1.59. The summed E-state index contributed by atoms with van der Waals surface area (Å²) in [5.74, 6) is 0. The number of benzene rings is 1. The molecule has 24 heavy (non-hydrogen) atoms. The molecule has 5 heteroatoms. The van der Waals surface area contributed by atoms with Crippen molar-refractivity contribution >= 4 is 6.03 Å². The first-order valence-corrected chi connectivity index (χ1v) is 9.16. The zero-order chi connectivity index (χ0) is 17.2. The number of nitrogens with one attached hydrogen (secondary N) is 1. The van der Waals surface area contributed by atoms with Crippen molar-refractivity contribution < 1.29 is 9.90 Å². The lowest BCUT2D eigenvalue weighted by Gasteiger charge is -2.21. The van der Waals surface area contributed by atoms with Crippen molar-refractivity contribution in [1.29, 1.82) is 0 Å². The summed E-state index contributed by atoms with van der Waals surface area (Å²) in [7, 11) is 0. The number of aliphatic hydroxyl groups is 1. The van der Waals surface area contributed by atoms with Crippen LogP contribution in [0, 0.1) is 0 Å². The standard InChI is InChI=1S/C19H31N3O2/c1-2-22(13-14-23)19(24)20-15-17-7-9-18(10-8-17)16-21-11-5-3-4-6-12-21/h7-10,23H,2-6,11-16H2,1H3,(H,20,24). The van der Waals surface area contributed by atoms with E-state index in [4.69, 9.17) is 5.11 Å². The highest BCUT2D eigenvalue weighted by molar-refractivity contribution is 5.74. The Balaban J connectivity index is 1.80. The minimum Gasteiger partial charge on any atom is -0.395 e. The molecule has 1 saturated heterocycles. The molecule has 1 fully saturated rings. The van der Waals surface area contributed by atoms with Gasteiger partial charge >= 0.3 is 6.03 Å². The number of hydrogen-bond acceptors (Lipinski definition) is 3. The molecule has 1 heterocycles. The summed E-state index contributed by atoms with van der Waals surface area (Å²) in [4.78, 5) is 16.1. The Morgan fingerprint density at radius 1 is 1.12 bits per heavy atom. The molecule has 1 aliphatic heterocycles. The van der Waals surface area contributed by atoms with Crippen LogP contribution >= 0.6 is 0 Å². The number of likely N-dealkylation sites (tertiary alicyclic amines) is 1. The van der Waals surface area contributed by atoms with Crippen LogP contribution in [0.5, 0.6) is 0 Å². The van der Waals surface area contributed by atoms with Crippen molar-refractivity contribution in [2.24, 2.45) is 0 Å². The maximum absolute atomic E-state index is 12.0. The van der Waals surface area contributed by atoms with Crippen LogP contribution in [0.2, 0.25) is 0 Å². The lowest BCUT2D eigenvalue weighted by Crippen LogP contribution is -2.41. The fraction of sp³-hybridized carbons (Fsp3) is 0.632. The van der Waals surface area contributed by atoms with Crippen LogP contribution in [0.1, 0.15) is 43.7 Å². The van der Waals surface area contributed by atoms with Gasteiger partial charge in [0.1, 0.15) is 0 Å². The molecule has 2 N–H and O–H groups in total. The predicted molar refractivity (Wildman–Crippen MR) is 96.8 cm³/mol. The molecule has 0 bridgehead atoms. The van der Waals surface area contributed by atoms with Gasteiger partial charge in [0, 0.05) is 26.2 Å². The summed E-state index contributed by atoms with van der Waals surface area (Å²) in [6.45, 7) is 6.82. The molecule has 0 aromatic heterocycles. The van der Waals surface area contributed by atoms with Gasteiger partial charge in [-0.3, -0.25) is 4.90 Å². The van der Waals surface area contributed by atoms with Gasteiger partial charge in [0.2, 0.25) is 0 Å². The van der Waals surface area contributed by atoms with E-state index in [2.05, 4.69) is 34.5 Å². The molecular formula is C19H31N3O2. The number of likely N-dealkylation sites (N-methyl/N-ethyl adjacent to an activating group) is 1. The summed E-state index contributed by atoms with van der Waals surface area (Å²) in [6, 6.07) is 8.39. The SMILES string of the molecule is CCN(CCO)C(=O)NCc1ccc(CN2CCCCCC2)cc1. The zero-order valence-electron chi connectivity index (χ0n) is 14.8. The Labute approximate surface area is 145 Å². The van der Waals surface area contributed by atoms with E-state index >= 15 is 0 Å². The number of carbonyl (C=O) groups excluding carboxylic acids is 1. The van der Waals surface area contributed by atoms with Gasteiger partial charge in [0.05, 0.1) is 6.61 Å². The average molecular weight is 333 g/mol. The topological polar surface area (TPSA) is 55.8 Å². The van der Waals surface area contributed by atoms with E-state index in [9.17, 15) is 4.79 Å². The molecule has 134 valence electrons. The highest BCUT2D eigenvalue weighted by Gasteiger charge is 2.11. The third-order valence-electron chi connectivity index (χ3n) is 4.61. The lowest BCUT2D eigenvalue weighted by atomic mass is 10.1. The fourth-order valence-corrected chi connectivity index (χ4v) is 3.13. The largest absolute Gasteiger partial charge is 0.395 e. The molecule has 0 saturated carbocycles. The molecule has 1 aromatic carbocycles. The normalized spacial score (nSPS) is 15.8. The van der Waals surface area contributed by atoms with E-state index in [-0.39, 0.29) is 12.6 Å². The Bertz CT molecular complexity index is 482. The van der Waals surface area contributed by atoms with Gasteiger partial charge in [-0.1, -0.05) is 37.1 Å². The lowest BCUT2D eigenvalue weighted by molar-refractivity contribution is 0.180. The Morgan fingerprint density at radius 2 is 1.75 bits per heavy atom. The molecule has 0 unspecified atom stereocenters. The molecule has 0 radical (unpaired) electrons. The molecule has 1 aliphatic rings. The van der Waals surface area contributed by atoms with Gasteiger partial charge in [-0.05, 0) is 44.0 Å². The van der Waals surface area contributed by atoms with Crippen LogP contribution in [0.15, 0.2) is 24.3 Å². The number of hydrogen-bond donors (Lipinski definition) is 2. The first-order chi connectivity index (χ1) is 11.7. The highest BCUT2D eigenvalue weighted by atomic mass is 16.3. The van der Waals surface area contributed by atoms with Crippen LogP contribution in [0.3, 0.4) is 0 Å². The van der Waals surface area contributed by atoms with Crippen molar-refractivity contribution in [3.63, 3.8) is 0 Å². The van der Waals surface area contributed by atoms with Crippen LogP contribution in [-0.4, -0.2) is 53.7 Å². The number of amides is 2. The molecule has 0 spiro atoms. The van der Waals surface area contributed by atoms with E-state index in [1.807, 2.05) is 6.92 Å². The molecule has 5 nitrogen and oxygen atoms in total. The maximum atomic E-state index is 12.0.